The van der Waals surface area contributed by atoms with Crippen LogP contribution in [0.4, 0.5) is 35.1 Å². The maximum absolute atomic E-state index is 14.9. The van der Waals surface area contributed by atoms with Crippen molar-refractivity contribution < 1.29 is 58.5 Å². The second-order valence-corrected chi connectivity index (χ2v) is 13.7. The van der Waals surface area contributed by atoms with E-state index in [1.807, 2.05) is 0 Å². The van der Waals surface area contributed by atoms with Gasteiger partial charge >= 0.3 is 18.0 Å². The first kappa shape index (κ1) is 31.6. The molecule has 0 aliphatic heterocycles. The Morgan fingerprint density at radius 3 is 2.02 bits per heavy atom. The summed E-state index contributed by atoms with van der Waals surface area (Å²) in [7, 11) is -4.54. The van der Waals surface area contributed by atoms with Gasteiger partial charge in [-0.25, -0.2) is 17.2 Å². The van der Waals surface area contributed by atoms with Gasteiger partial charge < -0.3 is 15.5 Å². The van der Waals surface area contributed by atoms with E-state index in [4.69, 9.17) is 0 Å². The molecule has 3 aliphatic carbocycles. The number of carbonyl (C=O) groups is 1. The number of sulfone groups is 1. The van der Waals surface area contributed by atoms with Crippen LogP contribution in [0.5, 0.6) is 0 Å². The minimum Gasteiger partial charge on any atom is -0.390 e. The molecule has 3 N–H and O–H groups in total. The number of hydrogen-bond acceptors (Lipinski definition) is 5. The SMILES string of the molecule is O=C(N[C@@H]1CC[C@@]2(S(=O)(=O)c3ccc(F)cc3)c3ccc(C(F)(C(F)(F)F)C(F)(F)F)cc3CC[C@@H]12)C1C[C@@H](O)[C@@H](O)C1. The molecule has 1 amide bonds. The van der Waals surface area contributed by atoms with Gasteiger partial charge in [0.1, 0.15) is 10.6 Å². The first-order valence-electron chi connectivity index (χ1n) is 13.5. The second-order valence-electron chi connectivity index (χ2n) is 11.5. The van der Waals surface area contributed by atoms with Crippen LogP contribution in [0.2, 0.25) is 0 Å². The number of amides is 1. The summed E-state index contributed by atoms with van der Waals surface area (Å²) in [5.41, 5.74) is -7.78. The number of carbonyl (C=O) groups excluding carboxylic acids is 1. The molecule has 3 aliphatic rings. The van der Waals surface area contributed by atoms with Gasteiger partial charge in [-0.3, -0.25) is 4.79 Å². The number of nitrogens with one attached hydrogen (secondary N) is 1. The maximum atomic E-state index is 14.9. The van der Waals surface area contributed by atoms with Crippen molar-refractivity contribution in [3.8, 4) is 0 Å². The molecule has 0 aromatic heterocycles. The number of hydrogen-bond donors (Lipinski definition) is 3. The van der Waals surface area contributed by atoms with Crippen molar-refractivity contribution in [2.24, 2.45) is 11.8 Å². The summed E-state index contributed by atoms with van der Waals surface area (Å²) < 4.78 is 136. The summed E-state index contributed by atoms with van der Waals surface area (Å²) in [4.78, 5) is 12.7. The molecular weight excluding hydrogens is 614 g/mol. The van der Waals surface area contributed by atoms with E-state index in [1.54, 1.807) is 0 Å². The van der Waals surface area contributed by atoms with Gasteiger partial charge in [0.25, 0.3) is 0 Å². The van der Waals surface area contributed by atoms with Gasteiger partial charge in [-0.1, -0.05) is 18.2 Å². The Balaban J connectivity index is 1.61. The van der Waals surface area contributed by atoms with E-state index >= 15 is 0 Å². The molecule has 2 aromatic carbocycles. The fraction of sp³-hybridized carbons (Fsp3) is 0.536. The molecule has 6 nitrogen and oxygen atoms in total. The zero-order valence-electron chi connectivity index (χ0n) is 22.2. The number of fused-ring (bicyclic) bond motifs is 3. The van der Waals surface area contributed by atoms with Gasteiger partial charge in [-0.05, 0) is 73.9 Å². The van der Waals surface area contributed by atoms with Crippen molar-refractivity contribution in [3.63, 3.8) is 0 Å². The molecule has 2 aromatic rings. The smallest absolute Gasteiger partial charge is 0.390 e. The van der Waals surface area contributed by atoms with Gasteiger partial charge in [0.2, 0.25) is 5.91 Å². The summed E-state index contributed by atoms with van der Waals surface area (Å²) in [6.07, 6.45) is -15.5. The molecule has 2 saturated carbocycles. The largest absolute Gasteiger partial charge is 0.435 e. The second kappa shape index (κ2) is 10.4. The average molecular weight is 642 g/mol. The lowest BCUT2D eigenvalue weighted by Gasteiger charge is -2.43. The molecule has 0 radical (unpaired) electrons. The Kier molecular flexibility index (Phi) is 7.65. The summed E-state index contributed by atoms with van der Waals surface area (Å²) in [6.45, 7) is 0. The van der Waals surface area contributed by atoms with E-state index in [2.05, 4.69) is 5.32 Å². The van der Waals surface area contributed by atoms with Crippen LogP contribution in [0.1, 0.15) is 48.8 Å². The monoisotopic (exact) mass is 641 g/mol. The van der Waals surface area contributed by atoms with Crippen LogP contribution in [-0.4, -0.2) is 55.1 Å². The fourth-order valence-corrected chi connectivity index (χ4v) is 9.53. The van der Waals surface area contributed by atoms with Crippen LogP contribution in [0.3, 0.4) is 0 Å². The Morgan fingerprint density at radius 2 is 1.47 bits per heavy atom. The van der Waals surface area contributed by atoms with Crippen molar-refractivity contribution in [2.45, 2.75) is 84.4 Å². The van der Waals surface area contributed by atoms with Crippen molar-refractivity contribution in [1.29, 1.82) is 0 Å². The van der Waals surface area contributed by atoms with Crippen LogP contribution >= 0.6 is 0 Å². The number of aliphatic hydroxyl groups excluding tert-OH is 2. The fourth-order valence-electron chi connectivity index (χ4n) is 7.06. The minimum absolute atomic E-state index is 0.0294. The highest BCUT2D eigenvalue weighted by Crippen LogP contribution is 2.59. The molecule has 2 fully saturated rings. The lowest BCUT2D eigenvalue weighted by atomic mass is 9.74. The topological polar surface area (TPSA) is 104 Å². The van der Waals surface area contributed by atoms with Gasteiger partial charge in [0, 0.05) is 23.4 Å². The first-order valence-corrected chi connectivity index (χ1v) is 15.0. The van der Waals surface area contributed by atoms with Crippen LogP contribution in [0.15, 0.2) is 47.4 Å². The third-order valence-corrected chi connectivity index (χ3v) is 11.8. The Morgan fingerprint density at radius 1 is 0.884 bits per heavy atom. The molecule has 0 heterocycles. The van der Waals surface area contributed by atoms with Crippen molar-refractivity contribution in [3.05, 3.63) is 65.0 Å². The minimum atomic E-state index is -6.36. The zero-order chi connectivity index (χ0) is 31.8. The highest BCUT2D eigenvalue weighted by Gasteiger charge is 2.73. The summed E-state index contributed by atoms with van der Waals surface area (Å²) in [5, 5.41) is 22.5. The normalized spacial score (nSPS) is 29.7. The highest BCUT2D eigenvalue weighted by molar-refractivity contribution is 7.92. The van der Waals surface area contributed by atoms with Crippen molar-refractivity contribution >= 4 is 15.7 Å². The number of aliphatic hydroxyl groups is 2. The molecule has 6 atom stereocenters. The lowest BCUT2D eigenvalue weighted by Crippen LogP contribution is -2.51. The van der Waals surface area contributed by atoms with Gasteiger partial charge in [-0.2, -0.15) is 26.3 Å². The Bertz CT molecular complexity index is 1490. The molecule has 1 unspecified atom stereocenters. The van der Waals surface area contributed by atoms with Crippen LogP contribution in [-0.2, 0) is 31.5 Å². The van der Waals surface area contributed by atoms with E-state index in [0.29, 0.717) is 6.07 Å². The van der Waals surface area contributed by atoms with E-state index < -0.39 is 80.0 Å². The number of rotatable bonds is 5. The molecule has 0 spiro atoms. The highest BCUT2D eigenvalue weighted by atomic mass is 32.2. The number of benzene rings is 2. The molecule has 15 heteroatoms. The molecule has 236 valence electrons. The van der Waals surface area contributed by atoms with Crippen LogP contribution in [0.25, 0.3) is 0 Å². The first-order chi connectivity index (χ1) is 19.8. The van der Waals surface area contributed by atoms with E-state index in [-0.39, 0.29) is 60.6 Å². The Hall–Kier alpha value is -2.78. The van der Waals surface area contributed by atoms with Crippen molar-refractivity contribution in [1.82, 2.24) is 5.32 Å². The van der Waals surface area contributed by atoms with Gasteiger partial charge in [0.05, 0.1) is 17.1 Å². The quantitative estimate of drug-likeness (QED) is 0.323. The molecule has 5 rings (SSSR count). The third kappa shape index (κ3) is 4.82. The summed E-state index contributed by atoms with van der Waals surface area (Å²) in [5.74, 6) is -2.98. The summed E-state index contributed by atoms with van der Waals surface area (Å²) in [6, 6.07) is 4.42. The van der Waals surface area contributed by atoms with Crippen molar-refractivity contribution in [2.75, 3.05) is 0 Å². The Labute approximate surface area is 241 Å². The summed E-state index contributed by atoms with van der Waals surface area (Å²) >= 11 is 0. The molecular formula is C28H27F8NO5S. The maximum Gasteiger partial charge on any atom is 0.435 e. The van der Waals surface area contributed by atoms with Gasteiger partial charge in [0.15, 0.2) is 9.84 Å². The van der Waals surface area contributed by atoms with Crippen LogP contribution < -0.4 is 5.32 Å². The van der Waals surface area contributed by atoms with E-state index in [0.717, 1.165) is 30.3 Å². The molecule has 0 bridgehead atoms. The zero-order valence-corrected chi connectivity index (χ0v) is 23.0. The van der Waals surface area contributed by atoms with Crippen LogP contribution in [0, 0.1) is 17.7 Å². The molecule has 0 saturated heterocycles. The lowest BCUT2D eigenvalue weighted by molar-refractivity contribution is -0.348. The average Bonchev–Trinajstić information content (AvgIpc) is 3.47. The predicted molar refractivity (Wildman–Crippen MR) is 134 cm³/mol. The number of aryl methyl sites for hydroxylation is 1. The number of alkyl halides is 7. The third-order valence-electron chi connectivity index (χ3n) is 9.17. The van der Waals surface area contributed by atoms with E-state index in [9.17, 15) is 58.5 Å². The molecule has 43 heavy (non-hydrogen) atoms. The van der Waals surface area contributed by atoms with Gasteiger partial charge in [-0.15, -0.1) is 0 Å². The van der Waals surface area contributed by atoms with E-state index in [1.165, 1.54) is 0 Å². The standard InChI is InChI=1S/C28H27F8NO5S/c29-17-3-5-18(6-4-17)43(41,42)25-10-9-21(37-24(40)15-12-22(38)23(39)13-15)20(25)7-1-14-11-16(2-8-19(14)25)26(30,27(31,32)33)28(34,35)36/h2-6,8,11,15,20-23,38-39H,1,7,9-10,12-13H2,(H,37,40)/t15?,20-,21+,22-,23+,25+/m0/s1. The predicted octanol–water partition coefficient (Wildman–Crippen LogP) is 4.76. The number of halogens is 8.